The fraction of sp³-hybridized carbons (Fsp3) is 0.222. The first kappa shape index (κ1) is 16.6. The van der Waals surface area contributed by atoms with E-state index in [1.165, 1.54) is 10.5 Å². The molecule has 3 aromatic rings. The van der Waals surface area contributed by atoms with Crippen LogP contribution in [0.25, 0.3) is 0 Å². The molecule has 0 fully saturated rings. The Morgan fingerprint density at radius 2 is 1.76 bits per heavy atom. The quantitative estimate of drug-likeness (QED) is 0.672. The molecule has 0 saturated heterocycles. The molecule has 0 aliphatic heterocycles. The molecule has 0 aliphatic carbocycles. The summed E-state index contributed by atoms with van der Waals surface area (Å²) in [7, 11) is 0. The van der Waals surface area contributed by atoms with E-state index in [1.807, 2.05) is 42.5 Å². The molecular formula is C18H21N7. The van der Waals surface area contributed by atoms with Crippen molar-refractivity contribution in [1.82, 2.24) is 20.3 Å². The molecule has 0 aliphatic rings. The third-order valence-corrected chi connectivity index (χ3v) is 3.82. The highest BCUT2D eigenvalue weighted by atomic mass is 15.7. The normalized spacial score (nSPS) is 11.0. The van der Waals surface area contributed by atoms with Crippen LogP contribution >= 0.6 is 0 Å². The minimum Gasteiger partial charge on any atom is -0.372 e. The molecule has 1 aromatic heterocycles. The van der Waals surface area contributed by atoms with Gasteiger partial charge < -0.3 is 10.2 Å². The van der Waals surface area contributed by atoms with E-state index in [9.17, 15) is 0 Å². The Labute approximate surface area is 147 Å². The molecule has 0 atom stereocenters. The lowest BCUT2D eigenvalue weighted by atomic mass is 10.2. The van der Waals surface area contributed by atoms with E-state index in [0.29, 0.717) is 5.95 Å². The van der Waals surface area contributed by atoms with Crippen molar-refractivity contribution in [2.45, 2.75) is 13.8 Å². The lowest BCUT2D eigenvalue weighted by Gasteiger charge is -2.20. The van der Waals surface area contributed by atoms with Crippen molar-refractivity contribution in [3.8, 4) is 0 Å². The van der Waals surface area contributed by atoms with Crippen molar-refractivity contribution in [1.29, 1.82) is 0 Å². The van der Waals surface area contributed by atoms with Crippen LogP contribution < -0.4 is 10.2 Å². The van der Waals surface area contributed by atoms with Gasteiger partial charge in [-0.15, -0.1) is 0 Å². The Bertz CT molecular complexity index is 805. The minimum absolute atomic E-state index is 0.460. The van der Waals surface area contributed by atoms with E-state index in [0.717, 1.165) is 24.3 Å². The highest BCUT2D eigenvalue weighted by molar-refractivity contribution is 5.80. The summed E-state index contributed by atoms with van der Waals surface area (Å²) in [6.45, 7) is 6.28. The molecule has 0 spiro atoms. The van der Waals surface area contributed by atoms with Crippen LogP contribution in [0.3, 0.4) is 0 Å². The van der Waals surface area contributed by atoms with Crippen LogP contribution in [0.5, 0.6) is 0 Å². The monoisotopic (exact) mass is 335 g/mol. The Hall–Kier alpha value is -3.22. The number of tetrazole rings is 1. The summed E-state index contributed by atoms with van der Waals surface area (Å²) in [6, 6.07) is 18.0. The van der Waals surface area contributed by atoms with Crippen LogP contribution in [0.15, 0.2) is 59.7 Å². The predicted octanol–water partition coefficient (Wildman–Crippen LogP) is 3.15. The molecule has 0 radical (unpaired) electrons. The van der Waals surface area contributed by atoms with Crippen molar-refractivity contribution in [3.63, 3.8) is 0 Å². The molecule has 0 unspecified atom stereocenters. The molecule has 2 aromatic carbocycles. The maximum Gasteiger partial charge on any atom is 0.269 e. The van der Waals surface area contributed by atoms with Crippen molar-refractivity contribution >= 4 is 23.5 Å². The number of benzene rings is 2. The molecule has 3 rings (SSSR count). The fourth-order valence-corrected chi connectivity index (χ4v) is 2.47. The number of rotatable bonds is 7. The van der Waals surface area contributed by atoms with Crippen LogP contribution in [-0.2, 0) is 0 Å². The number of anilines is 3. The van der Waals surface area contributed by atoms with Gasteiger partial charge in [0.1, 0.15) is 0 Å². The van der Waals surface area contributed by atoms with Gasteiger partial charge in [0.15, 0.2) is 0 Å². The zero-order chi connectivity index (χ0) is 17.5. The molecule has 0 amide bonds. The van der Waals surface area contributed by atoms with E-state index in [1.54, 1.807) is 6.21 Å². The molecule has 7 nitrogen and oxygen atoms in total. The number of nitrogens with one attached hydrogen (secondary N) is 1. The number of aromatic nitrogens is 4. The van der Waals surface area contributed by atoms with Gasteiger partial charge in [-0.05, 0) is 54.1 Å². The zero-order valence-electron chi connectivity index (χ0n) is 14.4. The smallest absolute Gasteiger partial charge is 0.269 e. The minimum atomic E-state index is 0.460. The van der Waals surface area contributed by atoms with Gasteiger partial charge in [-0.2, -0.15) is 5.10 Å². The zero-order valence-corrected chi connectivity index (χ0v) is 14.4. The summed E-state index contributed by atoms with van der Waals surface area (Å²) in [6.07, 6.45) is 1.73. The number of hydrogen-bond acceptors (Lipinski definition) is 6. The summed E-state index contributed by atoms with van der Waals surface area (Å²) in [5, 5.41) is 19.0. The highest BCUT2D eigenvalue weighted by Crippen LogP contribution is 2.15. The van der Waals surface area contributed by atoms with Gasteiger partial charge in [-0.3, -0.25) is 0 Å². The van der Waals surface area contributed by atoms with Crippen LogP contribution in [-0.4, -0.2) is 39.6 Å². The second-order valence-electron chi connectivity index (χ2n) is 5.39. The maximum atomic E-state index is 4.33. The Morgan fingerprint density at radius 3 is 2.44 bits per heavy atom. The summed E-state index contributed by atoms with van der Waals surface area (Å²) >= 11 is 0. The molecular weight excluding hydrogens is 314 g/mol. The molecule has 7 heteroatoms. The van der Waals surface area contributed by atoms with Gasteiger partial charge in [0, 0.05) is 24.5 Å². The molecule has 25 heavy (non-hydrogen) atoms. The first-order chi connectivity index (χ1) is 12.3. The molecule has 128 valence electrons. The SMILES string of the molecule is CCN(CC)c1ccc(C=Nn2nnnc2Nc2ccccc2)cc1. The van der Waals surface area contributed by atoms with Crippen LogP contribution in [0, 0.1) is 0 Å². The average molecular weight is 335 g/mol. The molecule has 0 bridgehead atoms. The Kier molecular flexibility index (Phi) is 5.36. The molecule has 0 saturated carbocycles. The standard InChI is InChI=1S/C18H21N7/c1-3-24(4-2)17-12-10-15(11-13-17)14-19-25-18(21-22-23-25)20-16-8-6-5-7-9-16/h5-14H,3-4H2,1-2H3,(H,20,21,23). The van der Waals surface area contributed by atoms with Gasteiger partial charge in [-0.1, -0.05) is 40.2 Å². The van der Waals surface area contributed by atoms with Crippen molar-refractivity contribution in [3.05, 3.63) is 60.2 Å². The van der Waals surface area contributed by atoms with E-state index in [-0.39, 0.29) is 0 Å². The van der Waals surface area contributed by atoms with E-state index < -0.39 is 0 Å². The van der Waals surface area contributed by atoms with Crippen molar-refractivity contribution in [2.24, 2.45) is 5.10 Å². The van der Waals surface area contributed by atoms with E-state index in [4.69, 9.17) is 0 Å². The van der Waals surface area contributed by atoms with E-state index >= 15 is 0 Å². The summed E-state index contributed by atoms with van der Waals surface area (Å²) in [5.41, 5.74) is 3.09. The van der Waals surface area contributed by atoms with Crippen LogP contribution in [0.1, 0.15) is 19.4 Å². The van der Waals surface area contributed by atoms with Gasteiger partial charge in [0.25, 0.3) is 5.95 Å². The van der Waals surface area contributed by atoms with Gasteiger partial charge in [0.05, 0.1) is 6.21 Å². The van der Waals surface area contributed by atoms with E-state index in [2.05, 4.69) is 56.8 Å². The summed E-state index contributed by atoms with van der Waals surface area (Å²) in [4.78, 5) is 3.66. The fourth-order valence-electron chi connectivity index (χ4n) is 2.47. The van der Waals surface area contributed by atoms with Gasteiger partial charge in [0.2, 0.25) is 0 Å². The van der Waals surface area contributed by atoms with Crippen LogP contribution in [0.4, 0.5) is 17.3 Å². The predicted molar refractivity (Wildman–Crippen MR) is 101 cm³/mol. The molecule has 1 N–H and O–H groups in total. The average Bonchev–Trinajstić information content (AvgIpc) is 3.10. The largest absolute Gasteiger partial charge is 0.372 e. The topological polar surface area (TPSA) is 71.2 Å². The number of hydrogen-bond donors (Lipinski definition) is 1. The first-order valence-electron chi connectivity index (χ1n) is 8.30. The van der Waals surface area contributed by atoms with Crippen molar-refractivity contribution in [2.75, 3.05) is 23.3 Å². The second-order valence-corrected chi connectivity index (χ2v) is 5.39. The third-order valence-electron chi connectivity index (χ3n) is 3.82. The Morgan fingerprint density at radius 1 is 1.04 bits per heavy atom. The Balaban J connectivity index is 1.71. The van der Waals surface area contributed by atoms with Crippen molar-refractivity contribution < 1.29 is 0 Å². The second kappa shape index (κ2) is 8.05. The first-order valence-corrected chi connectivity index (χ1v) is 8.30. The lowest BCUT2D eigenvalue weighted by molar-refractivity contribution is 0.699. The number of para-hydroxylation sites is 1. The summed E-state index contributed by atoms with van der Waals surface area (Å²) in [5.74, 6) is 0.460. The van der Waals surface area contributed by atoms with Crippen LogP contribution in [0.2, 0.25) is 0 Å². The third kappa shape index (κ3) is 4.20. The maximum absolute atomic E-state index is 4.33. The highest BCUT2D eigenvalue weighted by Gasteiger charge is 2.05. The lowest BCUT2D eigenvalue weighted by Crippen LogP contribution is -2.21. The molecule has 1 heterocycles. The van der Waals surface area contributed by atoms with Gasteiger partial charge in [-0.25, -0.2) is 0 Å². The van der Waals surface area contributed by atoms with Gasteiger partial charge >= 0.3 is 0 Å². The number of nitrogens with zero attached hydrogens (tertiary/aromatic N) is 6. The summed E-state index contributed by atoms with van der Waals surface area (Å²) < 4.78 is 0.